The Morgan fingerprint density at radius 2 is 1.96 bits per heavy atom. The van der Waals surface area contributed by atoms with E-state index < -0.39 is 12.8 Å². The lowest BCUT2D eigenvalue weighted by Crippen LogP contribution is -2.38. The van der Waals surface area contributed by atoms with E-state index in [1.807, 2.05) is 36.2 Å². The van der Waals surface area contributed by atoms with Crippen molar-refractivity contribution in [1.29, 1.82) is 0 Å². The van der Waals surface area contributed by atoms with Gasteiger partial charge in [-0.3, -0.25) is 4.99 Å². The minimum absolute atomic E-state index is 0.0706. The van der Waals surface area contributed by atoms with Crippen molar-refractivity contribution in [2.24, 2.45) is 4.99 Å². The first-order chi connectivity index (χ1) is 13.3. The molecule has 1 aromatic heterocycles. The fourth-order valence-electron chi connectivity index (χ4n) is 2.49. The van der Waals surface area contributed by atoms with Crippen LogP contribution in [0.25, 0.3) is 0 Å². The van der Waals surface area contributed by atoms with Gasteiger partial charge < -0.3 is 19.7 Å². The number of benzene rings is 1. The quantitative estimate of drug-likeness (QED) is 0.575. The highest BCUT2D eigenvalue weighted by atomic mass is 19.4. The molecule has 0 unspecified atom stereocenters. The number of rotatable bonds is 7. The van der Waals surface area contributed by atoms with Crippen molar-refractivity contribution in [3.8, 4) is 11.6 Å². The van der Waals surface area contributed by atoms with Crippen LogP contribution in [0.4, 0.5) is 13.2 Å². The molecule has 0 fully saturated rings. The van der Waals surface area contributed by atoms with Crippen molar-refractivity contribution in [2.75, 3.05) is 27.8 Å². The van der Waals surface area contributed by atoms with E-state index in [1.54, 1.807) is 20.2 Å². The average Bonchev–Trinajstić information content (AvgIpc) is 2.67. The Kier molecular flexibility index (Phi) is 7.48. The van der Waals surface area contributed by atoms with Gasteiger partial charge in [0, 0.05) is 45.0 Å². The summed E-state index contributed by atoms with van der Waals surface area (Å²) < 4.78 is 46.4. The van der Waals surface area contributed by atoms with Crippen molar-refractivity contribution in [3.63, 3.8) is 0 Å². The van der Waals surface area contributed by atoms with Gasteiger partial charge in [-0.25, -0.2) is 4.98 Å². The Labute approximate surface area is 162 Å². The van der Waals surface area contributed by atoms with E-state index in [9.17, 15) is 13.2 Å². The molecule has 0 aliphatic rings. The van der Waals surface area contributed by atoms with Crippen LogP contribution in [-0.4, -0.2) is 49.8 Å². The van der Waals surface area contributed by atoms with Gasteiger partial charge in [0.15, 0.2) is 12.6 Å². The van der Waals surface area contributed by atoms with E-state index in [0.29, 0.717) is 19.0 Å². The summed E-state index contributed by atoms with van der Waals surface area (Å²) in [5, 5.41) is 3.19. The number of pyridine rings is 1. The number of para-hydroxylation sites is 1. The summed E-state index contributed by atoms with van der Waals surface area (Å²) in [5.41, 5.74) is 1.80. The van der Waals surface area contributed by atoms with Gasteiger partial charge in [0.25, 0.3) is 0 Å². The number of halogens is 3. The van der Waals surface area contributed by atoms with E-state index in [2.05, 4.69) is 20.0 Å². The number of ether oxygens (including phenoxy) is 2. The van der Waals surface area contributed by atoms with Crippen LogP contribution < -0.4 is 14.8 Å². The Bertz CT molecular complexity index is 779. The van der Waals surface area contributed by atoms with Crippen LogP contribution in [0.1, 0.15) is 11.1 Å². The predicted octanol–water partition coefficient (Wildman–Crippen LogP) is 3.24. The second-order valence-electron chi connectivity index (χ2n) is 5.98. The van der Waals surface area contributed by atoms with E-state index in [4.69, 9.17) is 4.74 Å². The number of guanidine groups is 1. The number of methoxy groups -OCH3 is 1. The first-order valence-corrected chi connectivity index (χ1v) is 8.50. The number of aliphatic imine (C=N–C) groups is 1. The van der Waals surface area contributed by atoms with E-state index in [1.165, 1.54) is 12.3 Å². The van der Waals surface area contributed by atoms with Crippen LogP contribution in [0.3, 0.4) is 0 Å². The zero-order valence-electron chi connectivity index (χ0n) is 16.0. The number of nitrogens with one attached hydrogen (secondary N) is 1. The van der Waals surface area contributed by atoms with Gasteiger partial charge in [-0.1, -0.05) is 24.3 Å². The molecule has 1 heterocycles. The third kappa shape index (κ3) is 6.64. The summed E-state index contributed by atoms with van der Waals surface area (Å²) in [4.78, 5) is 10.1. The first kappa shape index (κ1) is 21.3. The van der Waals surface area contributed by atoms with Crippen LogP contribution in [0.15, 0.2) is 47.6 Å². The lowest BCUT2D eigenvalue weighted by atomic mass is 10.2. The van der Waals surface area contributed by atoms with Gasteiger partial charge in [0.1, 0.15) is 5.75 Å². The number of hydrogen-bond acceptors (Lipinski definition) is 4. The first-order valence-electron chi connectivity index (χ1n) is 8.50. The van der Waals surface area contributed by atoms with Gasteiger partial charge >= 0.3 is 6.18 Å². The molecule has 0 saturated heterocycles. The smallest absolute Gasteiger partial charge is 0.422 e. The molecule has 1 N–H and O–H groups in total. The molecule has 0 aliphatic heterocycles. The molecule has 28 heavy (non-hydrogen) atoms. The fraction of sp³-hybridized carbons (Fsp3) is 0.368. The fourth-order valence-corrected chi connectivity index (χ4v) is 2.49. The number of nitrogens with zero attached hydrogens (tertiary/aromatic N) is 3. The number of aromatic nitrogens is 1. The molecule has 0 bridgehead atoms. The van der Waals surface area contributed by atoms with Gasteiger partial charge in [0.05, 0.1) is 7.11 Å². The lowest BCUT2D eigenvalue weighted by Gasteiger charge is -2.23. The molecule has 2 aromatic rings. The molecule has 1 aromatic carbocycles. The minimum Gasteiger partial charge on any atom is -0.496 e. The van der Waals surface area contributed by atoms with Gasteiger partial charge in [0.2, 0.25) is 5.88 Å². The third-order valence-electron chi connectivity index (χ3n) is 3.81. The van der Waals surface area contributed by atoms with Gasteiger partial charge in [-0.05, 0) is 11.6 Å². The maximum Gasteiger partial charge on any atom is 0.422 e. The number of hydrogen-bond donors (Lipinski definition) is 1. The summed E-state index contributed by atoms with van der Waals surface area (Å²) in [6.07, 6.45) is -2.92. The molecule has 0 spiro atoms. The van der Waals surface area contributed by atoms with E-state index in [0.717, 1.165) is 16.9 Å². The van der Waals surface area contributed by atoms with Crippen molar-refractivity contribution >= 4 is 5.96 Å². The lowest BCUT2D eigenvalue weighted by molar-refractivity contribution is -0.154. The topological polar surface area (TPSA) is 59.0 Å². The van der Waals surface area contributed by atoms with Crippen molar-refractivity contribution in [2.45, 2.75) is 19.3 Å². The Balaban J connectivity index is 1.91. The van der Waals surface area contributed by atoms with Gasteiger partial charge in [-0.15, -0.1) is 0 Å². The highest BCUT2D eigenvalue weighted by Crippen LogP contribution is 2.19. The third-order valence-corrected chi connectivity index (χ3v) is 3.81. The summed E-state index contributed by atoms with van der Waals surface area (Å²) in [6.45, 7) is -0.361. The summed E-state index contributed by atoms with van der Waals surface area (Å²) in [7, 11) is 5.20. The highest BCUT2D eigenvalue weighted by molar-refractivity contribution is 5.79. The zero-order valence-corrected chi connectivity index (χ0v) is 16.0. The number of alkyl halides is 3. The van der Waals surface area contributed by atoms with Gasteiger partial charge in [-0.2, -0.15) is 13.2 Å². The van der Waals surface area contributed by atoms with Crippen molar-refractivity contribution in [3.05, 3.63) is 53.7 Å². The maximum absolute atomic E-state index is 12.2. The highest BCUT2D eigenvalue weighted by Gasteiger charge is 2.28. The van der Waals surface area contributed by atoms with Crippen LogP contribution in [0.5, 0.6) is 11.6 Å². The molecule has 0 amide bonds. The predicted molar refractivity (Wildman–Crippen MR) is 100 cm³/mol. The molecule has 0 aliphatic carbocycles. The Morgan fingerprint density at radius 3 is 2.57 bits per heavy atom. The largest absolute Gasteiger partial charge is 0.496 e. The Hall–Kier alpha value is -2.97. The second-order valence-corrected chi connectivity index (χ2v) is 5.98. The SMILES string of the molecule is CN=C(NCc1ccc(OCC(F)(F)F)nc1)N(C)Cc1ccccc1OC. The molecule has 0 atom stereocenters. The molecule has 0 saturated carbocycles. The molecule has 0 radical (unpaired) electrons. The van der Waals surface area contributed by atoms with Crippen LogP contribution in [0.2, 0.25) is 0 Å². The summed E-state index contributed by atoms with van der Waals surface area (Å²) in [5.74, 6) is 1.38. The second kappa shape index (κ2) is 9.82. The van der Waals surface area contributed by atoms with E-state index in [-0.39, 0.29) is 5.88 Å². The average molecular weight is 396 g/mol. The standard InChI is InChI=1S/C19H23F3N4O2/c1-23-18(26(2)12-15-6-4-5-7-16(15)27-3)25-11-14-8-9-17(24-10-14)28-13-19(20,21)22/h4-10H,11-13H2,1-3H3,(H,23,25). The van der Waals surface area contributed by atoms with Crippen LogP contribution >= 0.6 is 0 Å². The Morgan fingerprint density at radius 1 is 1.21 bits per heavy atom. The van der Waals surface area contributed by atoms with Crippen LogP contribution in [0, 0.1) is 0 Å². The summed E-state index contributed by atoms with van der Waals surface area (Å²) >= 11 is 0. The summed E-state index contributed by atoms with van der Waals surface area (Å²) in [6, 6.07) is 10.8. The monoisotopic (exact) mass is 396 g/mol. The van der Waals surface area contributed by atoms with Crippen molar-refractivity contribution in [1.82, 2.24) is 15.2 Å². The molecule has 6 nitrogen and oxygen atoms in total. The zero-order chi connectivity index (χ0) is 20.6. The molecular weight excluding hydrogens is 373 g/mol. The molecule has 9 heteroatoms. The maximum atomic E-state index is 12.2. The van der Waals surface area contributed by atoms with Crippen molar-refractivity contribution < 1.29 is 22.6 Å². The van der Waals surface area contributed by atoms with E-state index >= 15 is 0 Å². The molecule has 2 rings (SSSR count). The molecular formula is C19H23F3N4O2. The normalized spacial score (nSPS) is 11.9. The van der Waals surface area contributed by atoms with Crippen LogP contribution in [-0.2, 0) is 13.1 Å². The molecule has 152 valence electrons. The minimum atomic E-state index is -4.39.